The molecule has 10 heteroatoms. The summed E-state index contributed by atoms with van der Waals surface area (Å²) >= 11 is 0. The van der Waals surface area contributed by atoms with Gasteiger partial charge in [0.1, 0.15) is 24.4 Å². The number of amides is 1. The standard InChI is InChI=1S/C32H34N4O6/c1-38-32(37)35-18-26-17-33-34-36(26)28-30(41-21-25-15-9-4-10-16-25)29(40-20-24-13-7-3-8-14-24)27(42-31(28)35)22-39-19-23-11-5-2-6-12-23/h2-17,27-31H,18-22H2,1H3/t27-,28+,29-,30-,31+/m1/s1. The van der Waals surface area contributed by atoms with E-state index >= 15 is 0 Å². The summed E-state index contributed by atoms with van der Waals surface area (Å²) in [6, 6.07) is 29.3. The first-order valence-electron chi connectivity index (χ1n) is 14.0. The van der Waals surface area contributed by atoms with E-state index in [9.17, 15) is 4.79 Å². The maximum Gasteiger partial charge on any atom is 0.411 e. The van der Waals surface area contributed by atoms with Crippen LogP contribution in [0.5, 0.6) is 0 Å². The van der Waals surface area contributed by atoms with Gasteiger partial charge in [0.05, 0.1) is 52.0 Å². The van der Waals surface area contributed by atoms with Crippen LogP contribution in [0.2, 0.25) is 0 Å². The fourth-order valence-corrected chi connectivity index (χ4v) is 5.53. The third-order valence-corrected chi connectivity index (χ3v) is 7.58. The van der Waals surface area contributed by atoms with E-state index in [2.05, 4.69) is 10.3 Å². The monoisotopic (exact) mass is 570 g/mol. The number of carbonyl (C=O) groups is 1. The highest BCUT2D eigenvalue weighted by atomic mass is 16.6. The summed E-state index contributed by atoms with van der Waals surface area (Å²) in [4.78, 5) is 14.6. The van der Waals surface area contributed by atoms with Crippen molar-refractivity contribution in [2.75, 3.05) is 13.7 Å². The van der Waals surface area contributed by atoms with Crippen molar-refractivity contribution in [1.82, 2.24) is 19.9 Å². The molecular formula is C32H34N4O6. The molecule has 2 aliphatic rings. The molecule has 218 valence electrons. The summed E-state index contributed by atoms with van der Waals surface area (Å²) in [6.07, 6.45) is -1.28. The molecule has 0 unspecified atom stereocenters. The Hall–Kier alpha value is -4.09. The molecule has 1 amide bonds. The van der Waals surface area contributed by atoms with Gasteiger partial charge in [-0.1, -0.05) is 96.2 Å². The smallest absolute Gasteiger partial charge is 0.411 e. The van der Waals surface area contributed by atoms with Crippen LogP contribution in [0.25, 0.3) is 0 Å². The maximum atomic E-state index is 13.0. The van der Waals surface area contributed by atoms with Crippen molar-refractivity contribution >= 4 is 6.09 Å². The molecule has 2 aliphatic heterocycles. The Labute approximate surface area is 244 Å². The Morgan fingerprint density at radius 1 is 0.833 bits per heavy atom. The predicted molar refractivity (Wildman–Crippen MR) is 152 cm³/mol. The molecule has 0 radical (unpaired) electrons. The van der Waals surface area contributed by atoms with Gasteiger partial charge in [0.15, 0.2) is 6.23 Å². The molecular weight excluding hydrogens is 536 g/mol. The number of hydrogen-bond donors (Lipinski definition) is 0. The van der Waals surface area contributed by atoms with Crippen molar-refractivity contribution in [1.29, 1.82) is 0 Å². The second-order valence-corrected chi connectivity index (χ2v) is 10.3. The number of rotatable bonds is 10. The van der Waals surface area contributed by atoms with Gasteiger partial charge in [0.25, 0.3) is 0 Å². The average Bonchev–Trinajstić information content (AvgIpc) is 3.52. The van der Waals surface area contributed by atoms with Crippen LogP contribution in [-0.2, 0) is 50.0 Å². The molecule has 10 nitrogen and oxygen atoms in total. The van der Waals surface area contributed by atoms with Crippen molar-refractivity contribution in [3.63, 3.8) is 0 Å². The largest absolute Gasteiger partial charge is 0.453 e. The van der Waals surface area contributed by atoms with Gasteiger partial charge in [-0.25, -0.2) is 9.48 Å². The van der Waals surface area contributed by atoms with Crippen LogP contribution in [0.1, 0.15) is 28.4 Å². The number of ether oxygens (including phenoxy) is 5. The van der Waals surface area contributed by atoms with Gasteiger partial charge in [0.2, 0.25) is 0 Å². The molecule has 0 saturated carbocycles. The zero-order valence-electron chi connectivity index (χ0n) is 23.4. The number of hydrogen-bond acceptors (Lipinski definition) is 8. The fraction of sp³-hybridized carbons (Fsp3) is 0.344. The second kappa shape index (κ2) is 13.3. The van der Waals surface area contributed by atoms with Crippen LogP contribution < -0.4 is 0 Å². The third-order valence-electron chi connectivity index (χ3n) is 7.58. The first kappa shape index (κ1) is 28.0. The molecule has 4 aromatic rings. The van der Waals surface area contributed by atoms with Crippen molar-refractivity contribution in [2.45, 2.75) is 56.9 Å². The van der Waals surface area contributed by atoms with E-state index in [0.29, 0.717) is 19.8 Å². The summed E-state index contributed by atoms with van der Waals surface area (Å²) in [7, 11) is 1.36. The van der Waals surface area contributed by atoms with Gasteiger partial charge < -0.3 is 23.7 Å². The van der Waals surface area contributed by atoms with Crippen LogP contribution in [0.15, 0.2) is 97.2 Å². The van der Waals surface area contributed by atoms with Crippen LogP contribution in [0.3, 0.4) is 0 Å². The summed E-state index contributed by atoms with van der Waals surface area (Å²) in [6.45, 7) is 1.54. The van der Waals surface area contributed by atoms with E-state index in [1.807, 2.05) is 91.0 Å². The van der Waals surface area contributed by atoms with E-state index in [0.717, 1.165) is 22.4 Å². The summed E-state index contributed by atoms with van der Waals surface area (Å²) in [5, 5.41) is 8.53. The highest BCUT2D eigenvalue weighted by molar-refractivity contribution is 5.68. The number of benzene rings is 3. The number of carbonyl (C=O) groups excluding carboxylic acids is 1. The zero-order valence-corrected chi connectivity index (χ0v) is 23.4. The lowest BCUT2D eigenvalue weighted by Gasteiger charge is -2.51. The Kier molecular flexibility index (Phi) is 8.86. The third kappa shape index (κ3) is 6.22. The average molecular weight is 571 g/mol. The molecule has 5 atom stereocenters. The number of aromatic nitrogens is 3. The van der Waals surface area contributed by atoms with E-state index < -0.39 is 36.7 Å². The topological polar surface area (TPSA) is 97.2 Å². The Bertz CT molecular complexity index is 1420. The summed E-state index contributed by atoms with van der Waals surface area (Å²) in [5.74, 6) is 0. The van der Waals surface area contributed by atoms with Crippen molar-refractivity contribution in [3.05, 3.63) is 120 Å². The van der Waals surface area contributed by atoms with Gasteiger partial charge in [-0.05, 0) is 16.7 Å². The number of methoxy groups -OCH3 is 1. The maximum absolute atomic E-state index is 13.0. The van der Waals surface area contributed by atoms with E-state index in [-0.39, 0.29) is 13.2 Å². The zero-order chi connectivity index (χ0) is 28.7. The molecule has 3 heterocycles. The highest BCUT2D eigenvalue weighted by Crippen LogP contribution is 2.40. The van der Waals surface area contributed by atoms with E-state index in [1.165, 1.54) is 7.11 Å². The minimum absolute atomic E-state index is 0.224. The minimum Gasteiger partial charge on any atom is -0.453 e. The van der Waals surface area contributed by atoms with Crippen LogP contribution >= 0.6 is 0 Å². The normalized spacial score (nSPS) is 23.2. The van der Waals surface area contributed by atoms with Gasteiger partial charge in [-0.2, -0.15) is 0 Å². The van der Waals surface area contributed by atoms with Crippen molar-refractivity contribution < 1.29 is 28.5 Å². The quantitative estimate of drug-likeness (QED) is 0.275. The van der Waals surface area contributed by atoms with Crippen LogP contribution in [0, 0.1) is 0 Å². The molecule has 1 fully saturated rings. The molecule has 42 heavy (non-hydrogen) atoms. The Morgan fingerprint density at radius 2 is 1.40 bits per heavy atom. The van der Waals surface area contributed by atoms with E-state index in [1.54, 1.807) is 15.8 Å². The van der Waals surface area contributed by atoms with Crippen molar-refractivity contribution in [3.8, 4) is 0 Å². The summed E-state index contributed by atoms with van der Waals surface area (Å²) < 4.78 is 33.1. The first-order valence-corrected chi connectivity index (χ1v) is 14.0. The van der Waals surface area contributed by atoms with Gasteiger partial charge in [-0.15, -0.1) is 5.10 Å². The van der Waals surface area contributed by atoms with Crippen molar-refractivity contribution in [2.24, 2.45) is 0 Å². The summed E-state index contributed by atoms with van der Waals surface area (Å²) in [5.41, 5.74) is 3.83. The lowest BCUT2D eigenvalue weighted by molar-refractivity contribution is -0.272. The molecule has 0 N–H and O–H groups in total. The number of nitrogens with zero attached hydrogens (tertiary/aromatic N) is 4. The SMILES string of the molecule is COC(=O)N1Cc2cnnn2[C@H]2[C@@H](OCc3ccccc3)[C@H](OCc3ccccc3)[C@@H](COCc3ccccc3)O[C@@H]21. The minimum atomic E-state index is -0.741. The Morgan fingerprint density at radius 3 is 2.00 bits per heavy atom. The molecule has 1 saturated heterocycles. The first-order chi connectivity index (χ1) is 20.7. The molecule has 0 aliphatic carbocycles. The van der Waals surface area contributed by atoms with Crippen LogP contribution in [-0.4, -0.2) is 64.2 Å². The molecule has 0 spiro atoms. The molecule has 0 bridgehead atoms. The van der Waals surface area contributed by atoms with E-state index in [4.69, 9.17) is 23.7 Å². The Balaban J connectivity index is 1.34. The van der Waals surface area contributed by atoms with Crippen LogP contribution in [0.4, 0.5) is 4.79 Å². The van der Waals surface area contributed by atoms with Gasteiger partial charge in [-0.3, -0.25) is 4.90 Å². The lowest BCUT2D eigenvalue weighted by atomic mass is 9.93. The second-order valence-electron chi connectivity index (χ2n) is 10.3. The molecule has 6 rings (SSSR count). The molecule has 1 aromatic heterocycles. The molecule has 3 aromatic carbocycles. The fourth-order valence-electron chi connectivity index (χ4n) is 5.53. The van der Waals surface area contributed by atoms with Gasteiger partial charge in [0, 0.05) is 0 Å². The number of fused-ring (bicyclic) bond motifs is 3. The highest BCUT2D eigenvalue weighted by Gasteiger charge is 2.54. The lowest BCUT2D eigenvalue weighted by Crippen LogP contribution is -2.65. The predicted octanol–water partition coefficient (Wildman–Crippen LogP) is 4.51. The van der Waals surface area contributed by atoms with Gasteiger partial charge >= 0.3 is 6.09 Å².